The van der Waals surface area contributed by atoms with E-state index < -0.39 is 0 Å². The second-order valence-electron chi connectivity index (χ2n) is 3.47. The molecule has 0 spiro atoms. The third kappa shape index (κ3) is 1.74. The Hall–Kier alpha value is -1.44. The monoisotopic (exact) mass is 190 g/mol. The predicted octanol–water partition coefficient (Wildman–Crippen LogP) is 2.96. The summed E-state index contributed by atoms with van der Waals surface area (Å²) in [5.41, 5.74) is 1.27. The van der Waals surface area contributed by atoms with Gasteiger partial charge < -0.3 is 0 Å². The molecule has 0 atom stereocenters. The van der Waals surface area contributed by atoms with Gasteiger partial charge in [0.25, 0.3) is 0 Å². The molecule has 1 aromatic carbocycles. The van der Waals surface area contributed by atoms with Gasteiger partial charge in [-0.25, -0.2) is 4.39 Å². The lowest BCUT2D eigenvalue weighted by Crippen LogP contribution is -1.91. The molecule has 2 heteroatoms. The highest BCUT2D eigenvalue weighted by Gasteiger charge is 2.16. The van der Waals surface area contributed by atoms with E-state index in [4.69, 9.17) is 0 Å². The second-order valence-corrected chi connectivity index (χ2v) is 3.47. The third-order valence-corrected chi connectivity index (χ3v) is 2.44. The summed E-state index contributed by atoms with van der Waals surface area (Å²) in [6.07, 6.45) is 3.97. The molecule has 1 aromatic rings. The number of Topliss-reactive ketones (excluding diaryl/α,β-unsaturated/α-hetero) is 1. The van der Waals surface area contributed by atoms with Crippen molar-refractivity contribution in [2.45, 2.75) is 19.3 Å². The van der Waals surface area contributed by atoms with Crippen molar-refractivity contribution in [3.63, 3.8) is 0 Å². The normalized spacial score (nSPS) is 19.2. The van der Waals surface area contributed by atoms with E-state index in [1.54, 1.807) is 24.3 Å². The van der Waals surface area contributed by atoms with Gasteiger partial charge in [0.15, 0.2) is 5.78 Å². The minimum Gasteiger partial charge on any atom is -0.295 e. The first-order valence-electron chi connectivity index (χ1n) is 4.75. The first kappa shape index (κ1) is 9.13. The molecule has 14 heavy (non-hydrogen) atoms. The van der Waals surface area contributed by atoms with Crippen molar-refractivity contribution in [2.24, 2.45) is 0 Å². The van der Waals surface area contributed by atoms with E-state index >= 15 is 0 Å². The lowest BCUT2D eigenvalue weighted by atomic mass is 10.1. The summed E-state index contributed by atoms with van der Waals surface area (Å²) in [5.74, 6) is -0.104. The zero-order valence-corrected chi connectivity index (χ0v) is 7.79. The molecule has 0 saturated heterocycles. The minimum atomic E-state index is -0.264. The number of ketones is 1. The van der Waals surface area contributed by atoms with Crippen molar-refractivity contribution in [2.75, 3.05) is 0 Å². The van der Waals surface area contributed by atoms with Crippen LogP contribution in [0.1, 0.15) is 24.8 Å². The third-order valence-electron chi connectivity index (χ3n) is 2.44. The fourth-order valence-electron chi connectivity index (χ4n) is 1.67. The molecule has 0 N–H and O–H groups in total. The van der Waals surface area contributed by atoms with Crippen LogP contribution in [-0.4, -0.2) is 5.78 Å². The van der Waals surface area contributed by atoms with Gasteiger partial charge in [-0.05, 0) is 30.6 Å². The van der Waals surface area contributed by atoms with Crippen molar-refractivity contribution in [1.82, 2.24) is 0 Å². The topological polar surface area (TPSA) is 17.1 Å². The average Bonchev–Trinajstić information content (AvgIpc) is 2.56. The highest BCUT2D eigenvalue weighted by Crippen LogP contribution is 2.23. The first-order valence-corrected chi connectivity index (χ1v) is 4.75. The van der Waals surface area contributed by atoms with E-state index in [1.807, 2.05) is 0 Å². The SMILES string of the molecule is O=C1CCC/C1=C\c1ccccc1F. The molecule has 1 saturated carbocycles. The fourth-order valence-corrected chi connectivity index (χ4v) is 1.67. The highest BCUT2D eigenvalue weighted by atomic mass is 19.1. The number of rotatable bonds is 1. The fraction of sp³-hybridized carbons (Fsp3) is 0.250. The quantitative estimate of drug-likeness (QED) is 0.622. The smallest absolute Gasteiger partial charge is 0.158 e. The van der Waals surface area contributed by atoms with E-state index in [1.165, 1.54) is 6.07 Å². The molecule has 0 amide bonds. The Balaban J connectivity index is 2.33. The van der Waals surface area contributed by atoms with Crippen LogP contribution >= 0.6 is 0 Å². The number of hydrogen-bond acceptors (Lipinski definition) is 1. The number of carbonyl (C=O) groups excluding carboxylic acids is 1. The maximum Gasteiger partial charge on any atom is 0.158 e. The van der Waals surface area contributed by atoms with Crippen LogP contribution in [0, 0.1) is 5.82 Å². The van der Waals surface area contributed by atoms with Crippen LogP contribution in [0.3, 0.4) is 0 Å². The van der Waals surface area contributed by atoms with Crippen molar-refractivity contribution >= 4 is 11.9 Å². The Morgan fingerprint density at radius 3 is 2.64 bits per heavy atom. The molecule has 0 unspecified atom stereocenters. The zero-order valence-electron chi connectivity index (χ0n) is 7.79. The van der Waals surface area contributed by atoms with E-state index in [9.17, 15) is 9.18 Å². The summed E-state index contributed by atoms with van der Waals surface area (Å²) in [4.78, 5) is 11.3. The van der Waals surface area contributed by atoms with Gasteiger partial charge in [0.2, 0.25) is 0 Å². The Morgan fingerprint density at radius 2 is 2.00 bits per heavy atom. The number of hydrogen-bond donors (Lipinski definition) is 0. The van der Waals surface area contributed by atoms with E-state index in [-0.39, 0.29) is 11.6 Å². The van der Waals surface area contributed by atoms with E-state index in [0.29, 0.717) is 12.0 Å². The maximum atomic E-state index is 13.2. The Bertz CT molecular complexity index is 393. The number of carbonyl (C=O) groups is 1. The van der Waals surface area contributed by atoms with Crippen molar-refractivity contribution in [1.29, 1.82) is 0 Å². The number of benzene rings is 1. The summed E-state index contributed by atoms with van der Waals surface area (Å²) in [7, 11) is 0. The molecule has 0 bridgehead atoms. The molecule has 0 aromatic heterocycles. The van der Waals surface area contributed by atoms with Crippen molar-refractivity contribution < 1.29 is 9.18 Å². The molecule has 1 aliphatic carbocycles. The van der Waals surface area contributed by atoms with E-state index in [0.717, 1.165) is 18.4 Å². The number of allylic oxidation sites excluding steroid dienone is 1. The molecule has 1 fully saturated rings. The van der Waals surface area contributed by atoms with Gasteiger partial charge in [0.1, 0.15) is 5.82 Å². The van der Waals surface area contributed by atoms with Crippen LogP contribution < -0.4 is 0 Å². The van der Waals surface area contributed by atoms with Crippen LogP contribution in [0.25, 0.3) is 6.08 Å². The first-order chi connectivity index (χ1) is 6.77. The van der Waals surface area contributed by atoms with Gasteiger partial charge in [0.05, 0.1) is 0 Å². The molecule has 0 aliphatic heterocycles. The van der Waals surface area contributed by atoms with Gasteiger partial charge in [-0.3, -0.25) is 4.79 Å². The van der Waals surface area contributed by atoms with Crippen molar-refractivity contribution in [3.8, 4) is 0 Å². The molecular weight excluding hydrogens is 179 g/mol. The molecule has 1 aliphatic rings. The predicted molar refractivity (Wildman–Crippen MR) is 53.2 cm³/mol. The number of halogens is 1. The molecule has 0 radical (unpaired) electrons. The summed E-state index contributed by atoms with van der Waals surface area (Å²) in [6, 6.07) is 6.52. The Kier molecular flexibility index (Phi) is 2.44. The maximum absolute atomic E-state index is 13.2. The van der Waals surface area contributed by atoms with Gasteiger partial charge in [-0.2, -0.15) is 0 Å². The van der Waals surface area contributed by atoms with Gasteiger partial charge in [-0.1, -0.05) is 18.2 Å². The molecule has 72 valence electrons. The van der Waals surface area contributed by atoms with Crippen LogP contribution in [0.5, 0.6) is 0 Å². The van der Waals surface area contributed by atoms with Crippen LogP contribution in [-0.2, 0) is 4.79 Å². The van der Waals surface area contributed by atoms with Crippen LogP contribution in [0.15, 0.2) is 29.8 Å². The molecular formula is C12H11FO. The molecule has 1 nitrogen and oxygen atoms in total. The zero-order chi connectivity index (χ0) is 9.97. The summed E-state index contributed by atoms with van der Waals surface area (Å²) in [6.45, 7) is 0. The van der Waals surface area contributed by atoms with Gasteiger partial charge >= 0.3 is 0 Å². The van der Waals surface area contributed by atoms with Crippen LogP contribution in [0.4, 0.5) is 4.39 Å². The average molecular weight is 190 g/mol. The second kappa shape index (κ2) is 3.74. The van der Waals surface area contributed by atoms with Crippen molar-refractivity contribution in [3.05, 3.63) is 41.2 Å². The summed E-state index contributed by atoms with van der Waals surface area (Å²) >= 11 is 0. The minimum absolute atomic E-state index is 0.160. The molecule has 0 heterocycles. The highest BCUT2D eigenvalue weighted by molar-refractivity contribution is 6.01. The van der Waals surface area contributed by atoms with E-state index in [2.05, 4.69) is 0 Å². The van der Waals surface area contributed by atoms with Crippen LogP contribution in [0.2, 0.25) is 0 Å². The largest absolute Gasteiger partial charge is 0.295 e. The Labute approximate surface area is 82.3 Å². The van der Waals surface area contributed by atoms with Gasteiger partial charge in [-0.15, -0.1) is 0 Å². The Morgan fingerprint density at radius 1 is 1.21 bits per heavy atom. The lowest BCUT2D eigenvalue weighted by Gasteiger charge is -1.97. The standard InChI is InChI=1S/C12H11FO/c13-11-6-2-1-4-9(11)8-10-5-3-7-12(10)14/h1-2,4,6,8H,3,5,7H2/b10-8+. The molecule has 2 rings (SSSR count). The summed E-state index contributed by atoms with van der Waals surface area (Å²) < 4.78 is 13.2. The summed E-state index contributed by atoms with van der Waals surface area (Å²) in [5, 5.41) is 0. The van der Waals surface area contributed by atoms with Gasteiger partial charge in [0, 0.05) is 12.0 Å². The lowest BCUT2D eigenvalue weighted by molar-refractivity contribution is -0.114.